The lowest BCUT2D eigenvalue weighted by atomic mass is 9.82. The molecule has 4 rings (SSSR count). The molecule has 0 saturated carbocycles. The Labute approximate surface area is 209 Å². The third-order valence-electron chi connectivity index (χ3n) is 6.74. The lowest BCUT2D eigenvalue weighted by Crippen LogP contribution is -2.48. The fraction of sp³-hybridized carbons (Fsp3) is 0.429. The number of fused-ring (bicyclic) bond motifs is 1. The average Bonchev–Trinajstić information content (AvgIpc) is 3.27. The van der Waals surface area contributed by atoms with E-state index < -0.39 is 29.3 Å². The summed E-state index contributed by atoms with van der Waals surface area (Å²) in [6.45, 7) is 7.63. The Morgan fingerprint density at radius 1 is 1.17 bits per heavy atom. The van der Waals surface area contributed by atoms with Gasteiger partial charge in [0.05, 0.1) is 12.2 Å². The lowest BCUT2D eigenvalue weighted by molar-refractivity contribution is -0.136. The van der Waals surface area contributed by atoms with Crippen LogP contribution in [0.3, 0.4) is 0 Å². The number of aliphatic carboxylic acids is 1. The molecule has 1 aromatic heterocycles. The van der Waals surface area contributed by atoms with Crippen LogP contribution >= 0.6 is 0 Å². The molecule has 0 bridgehead atoms. The smallest absolute Gasteiger partial charge is 0.303 e. The van der Waals surface area contributed by atoms with E-state index in [1.807, 2.05) is 47.8 Å². The highest BCUT2D eigenvalue weighted by molar-refractivity contribution is 5.67. The average molecular weight is 500 g/mol. The van der Waals surface area contributed by atoms with Gasteiger partial charge >= 0.3 is 5.97 Å². The molecule has 1 aliphatic heterocycles. The predicted molar refractivity (Wildman–Crippen MR) is 133 cm³/mol. The summed E-state index contributed by atoms with van der Waals surface area (Å²) in [6.07, 6.45) is 4.16. The summed E-state index contributed by atoms with van der Waals surface area (Å²) in [7, 11) is 0. The van der Waals surface area contributed by atoms with Crippen molar-refractivity contribution in [2.45, 2.75) is 71.3 Å². The molecule has 0 fully saturated rings. The van der Waals surface area contributed by atoms with Gasteiger partial charge in [-0.05, 0) is 74.9 Å². The maximum Gasteiger partial charge on any atom is 0.303 e. The maximum atomic E-state index is 15.5. The van der Waals surface area contributed by atoms with Gasteiger partial charge in [0.1, 0.15) is 17.3 Å². The van der Waals surface area contributed by atoms with Gasteiger partial charge in [0.15, 0.2) is 0 Å². The molecule has 2 atom stereocenters. The number of carbonyl (C=O) groups is 1. The van der Waals surface area contributed by atoms with Crippen molar-refractivity contribution in [3.05, 3.63) is 76.6 Å². The van der Waals surface area contributed by atoms with Gasteiger partial charge in [0.2, 0.25) is 0 Å². The molecule has 8 heteroatoms. The third kappa shape index (κ3) is 5.48. The Hall–Kier alpha value is -3.13. The summed E-state index contributed by atoms with van der Waals surface area (Å²) in [5, 5.41) is 13.3. The van der Waals surface area contributed by atoms with Crippen molar-refractivity contribution in [1.29, 1.82) is 0 Å². The van der Waals surface area contributed by atoms with Crippen molar-refractivity contribution < 1.29 is 23.1 Å². The molecule has 0 amide bonds. The summed E-state index contributed by atoms with van der Waals surface area (Å²) in [6, 6.07) is 7.23. The number of rotatable bonds is 8. The molecule has 0 spiro atoms. The van der Waals surface area contributed by atoms with Crippen molar-refractivity contribution in [1.82, 2.24) is 14.7 Å². The third-order valence-corrected chi connectivity index (χ3v) is 6.74. The van der Waals surface area contributed by atoms with Crippen molar-refractivity contribution in [3.63, 3.8) is 0 Å². The van der Waals surface area contributed by atoms with Crippen LogP contribution < -0.4 is 0 Å². The van der Waals surface area contributed by atoms with Crippen LogP contribution in [0.4, 0.5) is 13.2 Å². The minimum atomic E-state index is -1.58. The topological polar surface area (TPSA) is 58.4 Å². The number of carboxylic acids is 1. The van der Waals surface area contributed by atoms with Crippen LogP contribution in [0.5, 0.6) is 0 Å². The molecule has 0 unspecified atom stereocenters. The van der Waals surface area contributed by atoms with Crippen LogP contribution in [0, 0.1) is 11.6 Å². The summed E-state index contributed by atoms with van der Waals surface area (Å²) in [5.74, 6) is -2.54. The van der Waals surface area contributed by atoms with Gasteiger partial charge in [-0.25, -0.2) is 13.2 Å². The Kier molecular flexibility index (Phi) is 7.27. The first-order valence-electron chi connectivity index (χ1n) is 12.3. The molecule has 1 N–H and O–H groups in total. The highest BCUT2D eigenvalue weighted by atomic mass is 19.1. The van der Waals surface area contributed by atoms with E-state index in [9.17, 15) is 9.18 Å². The molecule has 36 heavy (non-hydrogen) atoms. The van der Waals surface area contributed by atoms with E-state index in [2.05, 4.69) is 5.10 Å². The molecule has 2 heterocycles. The van der Waals surface area contributed by atoms with Gasteiger partial charge in [0, 0.05) is 42.9 Å². The highest BCUT2D eigenvalue weighted by Crippen LogP contribution is 2.42. The normalized spacial score (nSPS) is 18.3. The molecule has 0 saturated heterocycles. The molecule has 192 valence electrons. The summed E-state index contributed by atoms with van der Waals surface area (Å²) in [4.78, 5) is 12.7. The van der Waals surface area contributed by atoms with Gasteiger partial charge in [-0.15, -0.1) is 0 Å². The molecule has 0 radical (unpaired) electrons. The number of halogens is 3. The minimum absolute atomic E-state index is 0.00292. The first kappa shape index (κ1) is 25.9. The largest absolute Gasteiger partial charge is 0.481 e. The standard InChI is InChI=1S/C28H32F3N3O2/c1-5-33-15-21(14-32-33)19-7-8-22-20(13-19)10-17(2)34(16-28(3,4)31)27(22)26-23(29)11-18(12-24(26)30)6-9-25(35)36/h7-8,11-15,17,27H,5-6,9-10,16H2,1-4H3,(H,35,36)/t17-,27+/m0/s1. The predicted octanol–water partition coefficient (Wildman–Crippen LogP) is 5.95. The SMILES string of the molecule is CCn1cc(-c2ccc3c(c2)C[C@H](C)N(CC(C)(C)F)[C@H]3c2c(F)cc(CCC(=O)O)cc2F)cn1. The number of aromatic nitrogens is 2. The maximum absolute atomic E-state index is 15.5. The molecular weight excluding hydrogens is 467 g/mol. The van der Waals surface area contributed by atoms with Crippen molar-refractivity contribution in [2.24, 2.45) is 0 Å². The van der Waals surface area contributed by atoms with E-state index >= 15 is 8.78 Å². The van der Waals surface area contributed by atoms with E-state index in [1.165, 1.54) is 26.0 Å². The van der Waals surface area contributed by atoms with E-state index in [4.69, 9.17) is 5.11 Å². The van der Waals surface area contributed by atoms with E-state index in [-0.39, 0.29) is 36.6 Å². The van der Waals surface area contributed by atoms with E-state index in [1.54, 1.807) is 6.20 Å². The number of carboxylic acid groups (broad SMARTS) is 1. The lowest BCUT2D eigenvalue weighted by Gasteiger charge is -2.44. The molecule has 1 aliphatic rings. The Balaban J connectivity index is 1.82. The summed E-state index contributed by atoms with van der Waals surface area (Å²) < 4.78 is 47.7. The van der Waals surface area contributed by atoms with Gasteiger partial charge < -0.3 is 5.11 Å². The zero-order valence-corrected chi connectivity index (χ0v) is 21.1. The van der Waals surface area contributed by atoms with E-state index in [0.717, 1.165) is 28.8 Å². The first-order chi connectivity index (χ1) is 17.0. The second-order valence-corrected chi connectivity index (χ2v) is 10.2. The number of hydrogen-bond acceptors (Lipinski definition) is 3. The quantitative estimate of drug-likeness (QED) is 0.416. The molecule has 2 aromatic carbocycles. The van der Waals surface area contributed by atoms with Crippen LogP contribution in [0.1, 0.15) is 62.4 Å². The summed E-state index contributed by atoms with van der Waals surface area (Å²) >= 11 is 0. The second-order valence-electron chi connectivity index (χ2n) is 10.2. The van der Waals surface area contributed by atoms with Gasteiger partial charge in [-0.3, -0.25) is 14.4 Å². The van der Waals surface area contributed by atoms with Crippen LogP contribution in [0.15, 0.2) is 42.7 Å². The zero-order chi connectivity index (χ0) is 26.2. The van der Waals surface area contributed by atoms with Crippen molar-refractivity contribution in [2.75, 3.05) is 6.54 Å². The second kappa shape index (κ2) is 10.1. The van der Waals surface area contributed by atoms with Crippen LogP contribution in [0.2, 0.25) is 0 Å². The van der Waals surface area contributed by atoms with Gasteiger partial charge in [0.25, 0.3) is 0 Å². The molecule has 0 aliphatic carbocycles. The van der Waals surface area contributed by atoms with Crippen LogP contribution in [-0.2, 0) is 24.2 Å². The summed E-state index contributed by atoms with van der Waals surface area (Å²) in [5.41, 5.74) is 2.17. The minimum Gasteiger partial charge on any atom is -0.481 e. The molecular formula is C28H32F3N3O2. The van der Waals surface area contributed by atoms with Gasteiger partial charge in [-0.2, -0.15) is 5.10 Å². The number of hydrogen-bond donors (Lipinski definition) is 1. The van der Waals surface area contributed by atoms with Gasteiger partial charge in [-0.1, -0.05) is 18.2 Å². The van der Waals surface area contributed by atoms with Crippen molar-refractivity contribution >= 4 is 5.97 Å². The fourth-order valence-corrected chi connectivity index (χ4v) is 5.08. The zero-order valence-electron chi connectivity index (χ0n) is 21.1. The van der Waals surface area contributed by atoms with Crippen LogP contribution in [0.25, 0.3) is 11.1 Å². The number of aryl methyl sites for hydroxylation is 2. The first-order valence-corrected chi connectivity index (χ1v) is 12.3. The Morgan fingerprint density at radius 2 is 1.86 bits per heavy atom. The number of benzene rings is 2. The highest BCUT2D eigenvalue weighted by Gasteiger charge is 2.39. The number of alkyl halides is 1. The molecule has 3 aromatic rings. The Morgan fingerprint density at radius 3 is 2.44 bits per heavy atom. The Bertz CT molecular complexity index is 1240. The monoisotopic (exact) mass is 499 g/mol. The number of nitrogens with zero attached hydrogens (tertiary/aromatic N) is 3. The van der Waals surface area contributed by atoms with Crippen LogP contribution in [-0.4, -0.2) is 44.0 Å². The molecule has 5 nitrogen and oxygen atoms in total. The van der Waals surface area contributed by atoms with E-state index in [0.29, 0.717) is 6.42 Å². The van der Waals surface area contributed by atoms with Crippen molar-refractivity contribution in [3.8, 4) is 11.1 Å². The fourth-order valence-electron chi connectivity index (χ4n) is 5.08.